The molecule has 0 aliphatic carbocycles. The van der Waals surface area contributed by atoms with E-state index in [0.29, 0.717) is 17.4 Å². The van der Waals surface area contributed by atoms with Crippen molar-refractivity contribution in [1.29, 1.82) is 0 Å². The number of nitrogens with zero attached hydrogens (tertiary/aromatic N) is 4. The number of piperidine rings is 1. The van der Waals surface area contributed by atoms with Gasteiger partial charge < -0.3 is 10.1 Å². The standard InChI is InChI=1S/C15H20N6O2/c1-21-15(18-12(20-21)10-5-8-16-9-6-10)19-13(22)11-4-3-7-17-14(11)23-2/h3-4,7,10,16H,5-6,8-9H2,1-2H3,(H,18,19,20,22). The van der Waals surface area contributed by atoms with Crippen molar-refractivity contribution in [3.05, 3.63) is 29.7 Å². The lowest BCUT2D eigenvalue weighted by molar-refractivity contribution is 0.102. The van der Waals surface area contributed by atoms with E-state index in [1.807, 2.05) is 0 Å². The Labute approximate surface area is 134 Å². The molecule has 23 heavy (non-hydrogen) atoms. The van der Waals surface area contributed by atoms with E-state index in [4.69, 9.17) is 4.74 Å². The van der Waals surface area contributed by atoms with Gasteiger partial charge in [-0.2, -0.15) is 10.1 Å². The third kappa shape index (κ3) is 3.31. The first-order chi connectivity index (χ1) is 11.2. The molecule has 1 aliphatic heterocycles. The predicted molar refractivity (Wildman–Crippen MR) is 84.6 cm³/mol. The second-order valence-corrected chi connectivity index (χ2v) is 5.46. The third-order valence-electron chi connectivity index (χ3n) is 3.92. The summed E-state index contributed by atoms with van der Waals surface area (Å²) in [5.74, 6) is 1.51. The number of carbonyl (C=O) groups excluding carboxylic acids is 1. The van der Waals surface area contributed by atoms with Gasteiger partial charge in [0.1, 0.15) is 5.56 Å². The minimum Gasteiger partial charge on any atom is -0.480 e. The summed E-state index contributed by atoms with van der Waals surface area (Å²) >= 11 is 0. The van der Waals surface area contributed by atoms with Crippen LogP contribution in [0.15, 0.2) is 18.3 Å². The van der Waals surface area contributed by atoms with Crippen LogP contribution in [0.2, 0.25) is 0 Å². The summed E-state index contributed by atoms with van der Waals surface area (Å²) in [5.41, 5.74) is 0.362. The molecular weight excluding hydrogens is 296 g/mol. The largest absolute Gasteiger partial charge is 0.480 e. The lowest BCUT2D eigenvalue weighted by Gasteiger charge is -2.19. The van der Waals surface area contributed by atoms with Crippen LogP contribution in [0.1, 0.15) is 34.9 Å². The Morgan fingerprint density at radius 3 is 2.96 bits per heavy atom. The molecule has 3 heterocycles. The number of aryl methyl sites for hydroxylation is 1. The van der Waals surface area contributed by atoms with Crippen LogP contribution in [0.4, 0.5) is 5.95 Å². The minimum absolute atomic E-state index is 0.283. The monoisotopic (exact) mass is 316 g/mol. The zero-order valence-corrected chi connectivity index (χ0v) is 13.2. The first kappa shape index (κ1) is 15.4. The lowest BCUT2D eigenvalue weighted by atomic mass is 9.98. The van der Waals surface area contributed by atoms with Crippen LogP contribution in [0, 0.1) is 0 Å². The molecular formula is C15H20N6O2. The van der Waals surface area contributed by atoms with Crippen LogP contribution < -0.4 is 15.4 Å². The van der Waals surface area contributed by atoms with Gasteiger partial charge in [0.2, 0.25) is 11.8 Å². The van der Waals surface area contributed by atoms with Gasteiger partial charge in [-0.15, -0.1) is 0 Å². The van der Waals surface area contributed by atoms with Crippen molar-refractivity contribution in [2.24, 2.45) is 7.05 Å². The summed E-state index contributed by atoms with van der Waals surface area (Å²) < 4.78 is 6.71. The Hall–Kier alpha value is -2.48. The molecule has 3 rings (SSSR count). The topological polar surface area (TPSA) is 94.0 Å². The molecule has 0 saturated carbocycles. The molecule has 1 amide bonds. The second kappa shape index (κ2) is 6.74. The Bertz CT molecular complexity index is 693. The number of methoxy groups -OCH3 is 1. The van der Waals surface area contributed by atoms with Crippen LogP contribution in [0.25, 0.3) is 0 Å². The Kier molecular flexibility index (Phi) is 4.52. The molecule has 1 fully saturated rings. The van der Waals surface area contributed by atoms with Gasteiger partial charge >= 0.3 is 0 Å². The number of rotatable bonds is 4. The fraction of sp³-hybridized carbons (Fsp3) is 0.467. The number of ether oxygens (including phenoxy) is 1. The Morgan fingerprint density at radius 1 is 1.43 bits per heavy atom. The van der Waals surface area contributed by atoms with Gasteiger partial charge in [-0.3, -0.25) is 10.1 Å². The number of aromatic nitrogens is 4. The van der Waals surface area contributed by atoms with Gasteiger partial charge in [0.15, 0.2) is 5.82 Å². The highest BCUT2D eigenvalue weighted by Crippen LogP contribution is 2.23. The van der Waals surface area contributed by atoms with E-state index >= 15 is 0 Å². The average Bonchev–Trinajstić information content (AvgIpc) is 2.96. The molecule has 2 aromatic rings. The number of carbonyl (C=O) groups is 1. The highest BCUT2D eigenvalue weighted by molar-refractivity contribution is 6.04. The van der Waals surface area contributed by atoms with Crippen LogP contribution in [0.3, 0.4) is 0 Å². The zero-order valence-electron chi connectivity index (χ0n) is 13.2. The zero-order chi connectivity index (χ0) is 16.2. The van der Waals surface area contributed by atoms with Gasteiger partial charge in [-0.1, -0.05) is 0 Å². The second-order valence-electron chi connectivity index (χ2n) is 5.46. The minimum atomic E-state index is -0.317. The highest BCUT2D eigenvalue weighted by Gasteiger charge is 2.22. The summed E-state index contributed by atoms with van der Waals surface area (Å²) in [6.45, 7) is 1.94. The first-order valence-corrected chi connectivity index (χ1v) is 7.61. The summed E-state index contributed by atoms with van der Waals surface area (Å²) in [6.07, 6.45) is 3.59. The molecule has 0 spiro atoms. The number of amides is 1. The number of pyridine rings is 1. The van der Waals surface area contributed by atoms with E-state index in [1.165, 1.54) is 7.11 Å². The molecule has 0 unspecified atom stereocenters. The summed E-state index contributed by atoms with van der Waals surface area (Å²) in [4.78, 5) is 20.9. The molecule has 2 N–H and O–H groups in total. The maximum atomic E-state index is 12.4. The van der Waals surface area contributed by atoms with Crippen LogP contribution in [0.5, 0.6) is 5.88 Å². The van der Waals surface area contributed by atoms with Crippen LogP contribution in [-0.2, 0) is 7.05 Å². The van der Waals surface area contributed by atoms with E-state index in [2.05, 4.69) is 25.7 Å². The van der Waals surface area contributed by atoms with Crippen LogP contribution >= 0.6 is 0 Å². The Balaban J connectivity index is 1.77. The van der Waals surface area contributed by atoms with Gasteiger partial charge in [0.05, 0.1) is 7.11 Å². The number of nitrogens with one attached hydrogen (secondary N) is 2. The summed E-state index contributed by atoms with van der Waals surface area (Å²) in [6, 6.07) is 3.35. The van der Waals surface area contributed by atoms with E-state index in [0.717, 1.165) is 31.8 Å². The molecule has 2 aromatic heterocycles. The van der Waals surface area contributed by atoms with E-state index in [1.54, 1.807) is 30.1 Å². The maximum Gasteiger partial charge on any atom is 0.263 e. The van der Waals surface area contributed by atoms with Crippen molar-refractivity contribution in [3.63, 3.8) is 0 Å². The van der Waals surface area contributed by atoms with Gasteiger partial charge in [-0.05, 0) is 38.1 Å². The third-order valence-corrected chi connectivity index (χ3v) is 3.92. The fourth-order valence-corrected chi connectivity index (χ4v) is 2.66. The molecule has 0 aromatic carbocycles. The Morgan fingerprint density at radius 2 is 2.22 bits per heavy atom. The molecule has 0 atom stereocenters. The predicted octanol–water partition coefficient (Wildman–Crippen LogP) is 0.938. The quantitative estimate of drug-likeness (QED) is 0.872. The smallest absolute Gasteiger partial charge is 0.263 e. The van der Waals surface area contributed by atoms with Crippen molar-refractivity contribution < 1.29 is 9.53 Å². The van der Waals surface area contributed by atoms with Crippen molar-refractivity contribution in [2.45, 2.75) is 18.8 Å². The molecule has 8 heteroatoms. The summed E-state index contributed by atoms with van der Waals surface area (Å²) in [7, 11) is 3.25. The van der Waals surface area contributed by atoms with Gasteiger partial charge in [-0.25, -0.2) is 9.67 Å². The maximum absolute atomic E-state index is 12.4. The fourth-order valence-electron chi connectivity index (χ4n) is 2.66. The normalized spacial score (nSPS) is 15.4. The van der Waals surface area contributed by atoms with E-state index in [9.17, 15) is 4.79 Å². The number of hydrogen-bond donors (Lipinski definition) is 2. The van der Waals surface area contributed by atoms with Crippen molar-refractivity contribution in [3.8, 4) is 5.88 Å². The molecule has 122 valence electrons. The molecule has 1 aliphatic rings. The van der Waals surface area contributed by atoms with Crippen molar-refractivity contribution >= 4 is 11.9 Å². The molecule has 0 bridgehead atoms. The van der Waals surface area contributed by atoms with E-state index in [-0.39, 0.29) is 11.8 Å². The molecule has 0 radical (unpaired) electrons. The lowest BCUT2D eigenvalue weighted by Crippen LogP contribution is -2.27. The average molecular weight is 316 g/mol. The number of hydrogen-bond acceptors (Lipinski definition) is 6. The van der Waals surface area contributed by atoms with E-state index < -0.39 is 0 Å². The van der Waals surface area contributed by atoms with Crippen LogP contribution in [-0.4, -0.2) is 45.9 Å². The SMILES string of the molecule is COc1ncccc1C(=O)Nc1nc(C2CCNCC2)nn1C. The van der Waals surface area contributed by atoms with Gasteiger partial charge in [0.25, 0.3) is 5.91 Å². The summed E-state index contributed by atoms with van der Waals surface area (Å²) in [5, 5.41) is 10.5. The molecule has 8 nitrogen and oxygen atoms in total. The first-order valence-electron chi connectivity index (χ1n) is 7.61. The van der Waals surface area contributed by atoms with Crippen molar-refractivity contribution in [1.82, 2.24) is 25.1 Å². The molecule has 1 saturated heterocycles. The van der Waals surface area contributed by atoms with Crippen molar-refractivity contribution in [2.75, 3.05) is 25.5 Å². The highest BCUT2D eigenvalue weighted by atomic mass is 16.5. The van der Waals surface area contributed by atoms with Gasteiger partial charge in [0, 0.05) is 19.2 Å². The number of anilines is 1.